The molecule has 0 bridgehead atoms. The van der Waals surface area contributed by atoms with Crippen LogP contribution in [0.5, 0.6) is 5.75 Å². The molecular weight excluding hydrogens is 244 g/mol. The van der Waals surface area contributed by atoms with Gasteiger partial charge in [-0.3, -0.25) is 0 Å². The highest BCUT2D eigenvalue weighted by molar-refractivity contribution is 7.80. The highest BCUT2D eigenvalue weighted by Gasteiger charge is 2.35. The molecule has 0 atom stereocenters. The fraction of sp³-hybridized carbons (Fsp3) is 0.500. The lowest BCUT2D eigenvalue weighted by Gasteiger charge is -2.43. The molecule has 1 aliphatic rings. The van der Waals surface area contributed by atoms with E-state index in [2.05, 4.69) is 12.2 Å². The summed E-state index contributed by atoms with van der Waals surface area (Å²) < 4.78 is 5.27. The van der Waals surface area contributed by atoms with Gasteiger partial charge in [-0.05, 0) is 37.8 Å². The van der Waals surface area contributed by atoms with Crippen molar-refractivity contribution in [3.05, 3.63) is 23.8 Å². The lowest BCUT2D eigenvalue weighted by Crippen LogP contribution is -2.44. The Morgan fingerprint density at radius 2 is 2.22 bits per heavy atom. The summed E-state index contributed by atoms with van der Waals surface area (Å²) in [4.78, 5) is 0.422. The first kappa shape index (κ1) is 13.1. The summed E-state index contributed by atoms with van der Waals surface area (Å²) in [6.07, 6.45) is 4.81. The fourth-order valence-corrected chi connectivity index (χ4v) is 2.60. The Morgan fingerprint density at radius 3 is 2.67 bits per heavy atom. The Labute approximate surface area is 114 Å². The van der Waals surface area contributed by atoms with Gasteiger partial charge in [0.1, 0.15) is 10.7 Å². The summed E-state index contributed by atoms with van der Waals surface area (Å²) in [5, 5.41) is 3.62. The van der Waals surface area contributed by atoms with Crippen LogP contribution in [0.2, 0.25) is 0 Å². The summed E-state index contributed by atoms with van der Waals surface area (Å²) in [5.41, 5.74) is 7.87. The second-order valence-electron chi connectivity index (χ2n) is 4.89. The van der Waals surface area contributed by atoms with Crippen molar-refractivity contribution in [2.24, 2.45) is 5.73 Å². The molecule has 0 saturated heterocycles. The topological polar surface area (TPSA) is 47.3 Å². The van der Waals surface area contributed by atoms with Crippen LogP contribution < -0.4 is 15.8 Å². The van der Waals surface area contributed by atoms with Gasteiger partial charge in [-0.1, -0.05) is 19.1 Å². The zero-order valence-corrected chi connectivity index (χ0v) is 11.8. The summed E-state index contributed by atoms with van der Waals surface area (Å²) in [6.45, 7) is 2.22. The SMILES string of the molecule is CCC1(Nc2cc(OC)ccc2C(N)=S)CCC1. The van der Waals surface area contributed by atoms with Crippen LogP contribution in [0.25, 0.3) is 0 Å². The molecule has 0 unspecified atom stereocenters. The van der Waals surface area contributed by atoms with Crippen LogP contribution >= 0.6 is 12.2 Å². The second-order valence-corrected chi connectivity index (χ2v) is 5.33. The molecule has 1 saturated carbocycles. The van der Waals surface area contributed by atoms with Crippen LogP contribution in [0.3, 0.4) is 0 Å². The molecule has 0 radical (unpaired) electrons. The second kappa shape index (κ2) is 5.14. The van der Waals surface area contributed by atoms with Gasteiger partial charge in [-0.2, -0.15) is 0 Å². The van der Waals surface area contributed by atoms with Crippen molar-refractivity contribution in [3.8, 4) is 5.75 Å². The van der Waals surface area contributed by atoms with Gasteiger partial charge in [0.05, 0.1) is 7.11 Å². The summed E-state index contributed by atoms with van der Waals surface area (Å²) in [5.74, 6) is 0.822. The van der Waals surface area contributed by atoms with Gasteiger partial charge in [0.15, 0.2) is 0 Å². The third kappa shape index (κ3) is 2.43. The van der Waals surface area contributed by atoms with Crippen molar-refractivity contribution in [1.29, 1.82) is 0 Å². The maximum absolute atomic E-state index is 5.78. The average molecular weight is 264 g/mol. The van der Waals surface area contributed by atoms with E-state index < -0.39 is 0 Å². The zero-order valence-electron chi connectivity index (χ0n) is 11.0. The summed E-state index contributed by atoms with van der Waals surface area (Å²) in [7, 11) is 1.67. The molecule has 1 fully saturated rings. The van der Waals surface area contributed by atoms with Gasteiger partial charge in [0.25, 0.3) is 0 Å². The van der Waals surface area contributed by atoms with Crippen LogP contribution in [0.15, 0.2) is 18.2 Å². The highest BCUT2D eigenvalue weighted by atomic mass is 32.1. The van der Waals surface area contributed by atoms with E-state index in [1.807, 2.05) is 18.2 Å². The minimum Gasteiger partial charge on any atom is -0.497 e. The molecule has 4 heteroatoms. The molecule has 1 aromatic carbocycles. The third-order valence-electron chi connectivity index (χ3n) is 3.88. The number of benzene rings is 1. The molecule has 0 aliphatic heterocycles. The molecule has 1 aliphatic carbocycles. The Kier molecular flexibility index (Phi) is 3.76. The maximum Gasteiger partial charge on any atom is 0.120 e. The number of rotatable bonds is 5. The number of anilines is 1. The van der Waals surface area contributed by atoms with Gasteiger partial charge in [0, 0.05) is 22.9 Å². The van der Waals surface area contributed by atoms with Crippen LogP contribution in [0, 0.1) is 0 Å². The predicted octanol–water partition coefficient (Wildman–Crippen LogP) is 3.07. The minimum absolute atomic E-state index is 0.214. The van der Waals surface area contributed by atoms with Crippen LogP contribution in [-0.4, -0.2) is 17.6 Å². The highest BCUT2D eigenvalue weighted by Crippen LogP contribution is 2.39. The monoisotopic (exact) mass is 264 g/mol. The van der Waals surface area contributed by atoms with Crippen LogP contribution in [0.1, 0.15) is 38.2 Å². The van der Waals surface area contributed by atoms with Gasteiger partial charge in [-0.15, -0.1) is 0 Å². The van der Waals surface area contributed by atoms with Crippen molar-refractivity contribution < 1.29 is 4.74 Å². The van der Waals surface area contributed by atoms with Gasteiger partial charge < -0.3 is 15.8 Å². The number of methoxy groups -OCH3 is 1. The summed E-state index contributed by atoms with van der Waals surface area (Å²) >= 11 is 5.11. The van der Waals surface area contributed by atoms with Crippen molar-refractivity contribution >= 4 is 22.9 Å². The number of thiocarbonyl (C=S) groups is 1. The number of hydrogen-bond donors (Lipinski definition) is 2. The Hall–Kier alpha value is -1.29. The molecule has 0 aromatic heterocycles. The van der Waals surface area contributed by atoms with Crippen molar-refractivity contribution in [3.63, 3.8) is 0 Å². The first-order chi connectivity index (χ1) is 8.60. The maximum atomic E-state index is 5.78. The van der Waals surface area contributed by atoms with Crippen LogP contribution in [0.4, 0.5) is 5.69 Å². The number of nitrogens with one attached hydrogen (secondary N) is 1. The predicted molar refractivity (Wildman–Crippen MR) is 79.4 cm³/mol. The Morgan fingerprint density at radius 1 is 1.50 bits per heavy atom. The number of hydrogen-bond acceptors (Lipinski definition) is 3. The molecule has 18 heavy (non-hydrogen) atoms. The Balaban J connectivity index is 2.31. The van der Waals surface area contributed by atoms with Crippen molar-refractivity contribution in [2.75, 3.05) is 12.4 Å². The standard InChI is InChI=1S/C14H20N2OS/c1-3-14(7-4-8-14)16-12-9-10(17-2)5-6-11(12)13(15)18/h5-6,9,16H,3-4,7-8H2,1-2H3,(H2,15,18). The van der Waals surface area contributed by atoms with Gasteiger partial charge in [-0.25, -0.2) is 0 Å². The molecule has 3 nitrogen and oxygen atoms in total. The molecular formula is C14H20N2OS. The van der Waals surface area contributed by atoms with E-state index in [0.29, 0.717) is 4.99 Å². The first-order valence-electron chi connectivity index (χ1n) is 6.36. The van der Waals surface area contributed by atoms with Gasteiger partial charge >= 0.3 is 0 Å². The van der Waals surface area contributed by atoms with Crippen LogP contribution in [-0.2, 0) is 0 Å². The lowest BCUT2D eigenvalue weighted by molar-refractivity contribution is 0.269. The first-order valence-corrected chi connectivity index (χ1v) is 6.77. The lowest BCUT2D eigenvalue weighted by atomic mass is 9.74. The zero-order chi connectivity index (χ0) is 13.2. The van der Waals surface area contributed by atoms with E-state index in [9.17, 15) is 0 Å². The smallest absolute Gasteiger partial charge is 0.120 e. The fourth-order valence-electron chi connectivity index (χ4n) is 2.42. The normalized spacial score (nSPS) is 16.8. The van der Waals surface area contributed by atoms with Crippen molar-refractivity contribution in [2.45, 2.75) is 38.1 Å². The Bertz CT molecular complexity index is 450. The van der Waals surface area contributed by atoms with Gasteiger partial charge in [0.2, 0.25) is 0 Å². The molecule has 0 heterocycles. The molecule has 1 aromatic rings. The molecule has 0 spiro atoms. The van der Waals surface area contributed by atoms with Crippen molar-refractivity contribution in [1.82, 2.24) is 0 Å². The quantitative estimate of drug-likeness (QED) is 0.802. The molecule has 3 N–H and O–H groups in total. The molecule has 2 rings (SSSR count). The number of ether oxygens (including phenoxy) is 1. The van der Waals surface area contributed by atoms with E-state index in [0.717, 1.165) is 23.4 Å². The minimum atomic E-state index is 0.214. The molecule has 98 valence electrons. The van der Waals surface area contributed by atoms with E-state index in [-0.39, 0.29) is 5.54 Å². The van der Waals surface area contributed by atoms with E-state index >= 15 is 0 Å². The van der Waals surface area contributed by atoms with E-state index in [4.69, 9.17) is 22.7 Å². The summed E-state index contributed by atoms with van der Waals surface area (Å²) in [6, 6.07) is 5.79. The third-order valence-corrected chi connectivity index (χ3v) is 4.10. The largest absolute Gasteiger partial charge is 0.497 e. The van der Waals surface area contributed by atoms with E-state index in [1.54, 1.807) is 7.11 Å². The average Bonchev–Trinajstić information content (AvgIpc) is 2.33. The number of nitrogens with two attached hydrogens (primary N) is 1. The molecule has 0 amide bonds. The van der Waals surface area contributed by atoms with E-state index in [1.165, 1.54) is 19.3 Å².